The number of fused-ring (bicyclic) bond motifs is 1. The Balaban J connectivity index is 0.00000702. The van der Waals surface area contributed by atoms with Gasteiger partial charge in [-0.15, -0.1) is 0 Å². The van der Waals surface area contributed by atoms with E-state index in [0.29, 0.717) is 17.8 Å². The molecule has 51 heavy (non-hydrogen) atoms. The third kappa shape index (κ3) is 10.2. The van der Waals surface area contributed by atoms with Crippen LogP contribution in [0.3, 0.4) is 0 Å². The molecule has 4 aliphatic carbocycles. The first-order valence-electron chi connectivity index (χ1n) is 20.3. The number of hydrogen-bond acceptors (Lipinski definition) is 4. The summed E-state index contributed by atoms with van der Waals surface area (Å²) < 4.78 is 14.2. The van der Waals surface area contributed by atoms with Crippen LogP contribution in [0.5, 0.6) is 0 Å². The third-order valence-electron chi connectivity index (χ3n) is 14.7. The molecule has 0 aromatic heterocycles. The van der Waals surface area contributed by atoms with Crippen molar-refractivity contribution in [3.63, 3.8) is 0 Å². The summed E-state index contributed by atoms with van der Waals surface area (Å²) in [6.45, 7) is 35.1. The molecular weight excluding hydrogens is 876 g/mol. The van der Waals surface area contributed by atoms with Gasteiger partial charge >= 0.3 is 0 Å². The number of aliphatic hydroxyl groups excluding tert-OH is 1. The molecule has 4 saturated carbocycles. The molecule has 7 heteroatoms. The van der Waals surface area contributed by atoms with Gasteiger partial charge in [0.25, 0.3) is 0 Å². The largest absolute Gasteiger partial charge is 0.413 e. The molecule has 0 heterocycles. The minimum atomic E-state index is -2.01. The summed E-state index contributed by atoms with van der Waals surface area (Å²) in [4.78, 5) is 13.3. The molecule has 5 unspecified atom stereocenters. The van der Waals surface area contributed by atoms with Gasteiger partial charge in [-0.25, -0.2) is 0 Å². The van der Waals surface area contributed by atoms with Crippen molar-refractivity contribution in [2.24, 2.45) is 28.6 Å². The second-order valence-corrected chi connectivity index (χ2v) is 29.8. The minimum Gasteiger partial charge on any atom is -0.413 e. The second kappa shape index (κ2) is 17.3. The number of carbonyl (C=O) groups is 1. The van der Waals surface area contributed by atoms with Crippen molar-refractivity contribution in [2.45, 2.75) is 194 Å². The molecule has 1 radical (unpaired) electrons. The maximum absolute atomic E-state index is 13.3. The number of rotatable bonds is 13. The fourth-order valence-corrected chi connectivity index (χ4v) is 11.7. The number of unbranched alkanes of at least 4 members (excludes halogenated alkanes) is 1. The Labute approximate surface area is 352 Å². The number of aliphatic hydroxyl groups is 1. The number of allylic oxidation sites excluding steroid dienone is 5. The van der Waals surface area contributed by atoms with Crippen molar-refractivity contribution in [2.75, 3.05) is 0 Å². The first kappa shape index (κ1) is 45.8. The summed E-state index contributed by atoms with van der Waals surface area (Å²) in [6, 6.07) is 0. The van der Waals surface area contributed by atoms with E-state index in [1.165, 1.54) is 31.3 Å². The summed E-state index contributed by atoms with van der Waals surface area (Å²) in [5.41, 5.74) is 3.79. The van der Waals surface area contributed by atoms with E-state index >= 15 is 0 Å². The quantitative estimate of drug-likeness (QED) is 0.148. The Morgan fingerprint density at radius 1 is 1.00 bits per heavy atom. The van der Waals surface area contributed by atoms with Crippen molar-refractivity contribution >= 4 is 22.4 Å². The van der Waals surface area contributed by atoms with E-state index in [4.69, 9.17) is 8.85 Å². The molecule has 0 spiro atoms. The molecule has 7 atom stereocenters. The van der Waals surface area contributed by atoms with Crippen molar-refractivity contribution in [1.29, 1.82) is 0 Å². The Kier molecular flexibility index (Phi) is 15.5. The normalized spacial score (nSPS) is 31.5. The monoisotopic (exact) mass is 952 g/mol. The molecule has 4 fully saturated rings. The molecule has 4 nitrogen and oxygen atoms in total. The maximum Gasteiger partial charge on any atom is 0.192 e. The van der Waals surface area contributed by atoms with Crippen LogP contribution in [-0.2, 0) is 13.6 Å². The van der Waals surface area contributed by atoms with Gasteiger partial charge < -0.3 is 14.0 Å². The second-order valence-electron chi connectivity index (χ2n) is 20.3. The Morgan fingerprint density at radius 2 is 1.61 bits per heavy atom. The number of hydrogen-bond donors (Lipinski definition) is 1. The van der Waals surface area contributed by atoms with E-state index in [-0.39, 0.29) is 77.5 Å². The van der Waals surface area contributed by atoms with Crippen LogP contribution in [0.2, 0.25) is 36.3 Å². The molecule has 0 aliphatic heterocycles. The van der Waals surface area contributed by atoms with E-state index in [9.17, 15) is 9.90 Å². The Morgan fingerprint density at radius 3 is 2.18 bits per heavy atom. The molecule has 287 valence electrons. The average molecular weight is 952 g/mol. The summed E-state index contributed by atoms with van der Waals surface area (Å²) in [5, 5.41) is 11.1. The first-order valence-corrected chi connectivity index (χ1v) is 26.2. The predicted octanol–water partition coefficient (Wildman–Crippen LogP) is 12.3. The van der Waals surface area contributed by atoms with Crippen LogP contribution in [-0.4, -0.2) is 45.8 Å². The van der Waals surface area contributed by atoms with Crippen molar-refractivity contribution in [3.8, 4) is 0 Å². The molecule has 0 aromatic carbocycles. The van der Waals surface area contributed by atoms with E-state index in [2.05, 4.69) is 113 Å². The van der Waals surface area contributed by atoms with Crippen LogP contribution < -0.4 is 0 Å². The summed E-state index contributed by atoms with van der Waals surface area (Å²) >= 11 is 0. The number of carbonyl (C=O) groups excluding carboxylic acids is 1. The molecule has 4 rings (SSSR count). The summed E-state index contributed by atoms with van der Waals surface area (Å²) in [7, 11) is -3.97. The molecule has 0 saturated heterocycles. The zero-order valence-electron chi connectivity index (χ0n) is 35.2. The van der Waals surface area contributed by atoms with E-state index in [1.807, 2.05) is 6.08 Å². The van der Waals surface area contributed by atoms with Crippen LogP contribution in [0.1, 0.15) is 139 Å². The Bertz CT molecular complexity index is 1330. The van der Waals surface area contributed by atoms with Gasteiger partial charge in [-0.2, -0.15) is 0 Å². The van der Waals surface area contributed by atoms with Gasteiger partial charge in [-0.1, -0.05) is 106 Å². The van der Waals surface area contributed by atoms with E-state index < -0.39 is 28.2 Å². The van der Waals surface area contributed by atoms with Gasteiger partial charge in [0.05, 0.1) is 23.7 Å². The molecule has 4 aliphatic rings. The SMILES string of the molecule is C=C1/C(=C\C=C2/CCC[C@@]3(C)C2CCC3[C@H](C)/C=C/C(=O)C2(C(O)CCCC)CC2)CC(O[Si](C)(C)C(C)(C)C)CC1O[Si](C)(C)C(C)(C)C.[Ac]. The van der Waals surface area contributed by atoms with Crippen LogP contribution in [0.15, 0.2) is 47.6 Å². The Hall–Kier alpha value is 0.385. The van der Waals surface area contributed by atoms with Gasteiger partial charge in [0.15, 0.2) is 22.4 Å². The van der Waals surface area contributed by atoms with Crippen molar-refractivity contribution in [3.05, 3.63) is 47.6 Å². The fraction of sp³-hybridized carbons (Fsp3) is 0.795. The topological polar surface area (TPSA) is 55.8 Å². The van der Waals surface area contributed by atoms with E-state index in [1.54, 1.807) is 5.57 Å². The van der Waals surface area contributed by atoms with Gasteiger partial charge in [-0.3, -0.25) is 4.79 Å². The molecule has 0 amide bonds. The third-order valence-corrected chi connectivity index (χ3v) is 23.7. The fourth-order valence-electron chi connectivity index (χ4n) is 9.00. The summed E-state index contributed by atoms with van der Waals surface area (Å²) in [5.74, 6) is 1.63. The molecule has 0 bridgehead atoms. The standard InChI is InChI=1S/C44H76O4Si2.Ac/c1-15-16-19-39(45)44(27-28-44)40(46)25-20-31(2)36-23-24-37-33(18-17-26-43(36,37)10)21-22-34-29-35(47-49(11,12)41(4,5)6)30-38(32(34)3)48-50(13,14)42(7,8)9;/h20-22,25,31,35-39,45H,3,15-19,23-24,26-30H2,1-2,4-14H3;/b25-20+,33-21+,34-22-;/t31-,35?,36?,37?,38?,39?,43-;/m1./s1. The van der Waals surface area contributed by atoms with Crippen molar-refractivity contribution in [1.82, 2.24) is 0 Å². The zero-order valence-corrected chi connectivity index (χ0v) is 42.0. The smallest absolute Gasteiger partial charge is 0.192 e. The van der Waals surface area contributed by atoms with Crippen LogP contribution >= 0.6 is 0 Å². The van der Waals surface area contributed by atoms with Gasteiger partial charge in [0.2, 0.25) is 0 Å². The number of ketones is 1. The van der Waals surface area contributed by atoms with Gasteiger partial charge in [0, 0.05) is 50.5 Å². The van der Waals surface area contributed by atoms with Crippen molar-refractivity contribution < 1.29 is 62.8 Å². The summed E-state index contributed by atoms with van der Waals surface area (Å²) in [6.07, 6.45) is 20.9. The first-order chi connectivity index (χ1) is 23.0. The van der Waals surface area contributed by atoms with Crippen LogP contribution in [0.4, 0.5) is 0 Å². The zero-order chi connectivity index (χ0) is 37.5. The molecule has 1 N–H and O–H groups in total. The van der Waals surface area contributed by atoms with Crippen LogP contribution in [0.25, 0.3) is 0 Å². The minimum absolute atomic E-state index is 0. The van der Waals surface area contributed by atoms with Crippen LogP contribution in [0, 0.1) is 72.6 Å². The molecular formula is C44H76AcO4Si2. The molecule has 0 aromatic rings. The average Bonchev–Trinajstić information content (AvgIpc) is 3.74. The van der Waals surface area contributed by atoms with Gasteiger partial charge in [-0.05, 0) is 134 Å². The predicted molar refractivity (Wildman–Crippen MR) is 217 cm³/mol. The maximum atomic E-state index is 13.3. The van der Waals surface area contributed by atoms with E-state index in [0.717, 1.165) is 56.9 Å². The van der Waals surface area contributed by atoms with Gasteiger partial charge in [0.1, 0.15) is 0 Å².